The van der Waals surface area contributed by atoms with Gasteiger partial charge >= 0.3 is 0 Å². The Kier molecular flexibility index (Phi) is 56.5. The molecule has 0 saturated carbocycles. The normalized spacial score (nSPS) is 14.1. The fourth-order valence-corrected chi connectivity index (χ4v) is 10.3. The summed E-state index contributed by atoms with van der Waals surface area (Å²) in [4.78, 5) is 25.6. The molecule has 446 valence electrons. The van der Waals surface area contributed by atoms with Crippen molar-refractivity contribution < 1.29 is 32.9 Å². The van der Waals surface area contributed by atoms with Gasteiger partial charge in [-0.15, -0.1) is 0 Å². The summed E-state index contributed by atoms with van der Waals surface area (Å²) in [5.41, 5.74) is 0. The van der Waals surface area contributed by atoms with Crippen LogP contribution in [0.25, 0.3) is 0 Å². The number of amides is 1. The Bertz CT molecular complexity index is 1420. The van der Waals surface area contributed by atoms with E-state index in [2.05, 4.69) is 67.8 Å². The third-order valence-electron chi connectivity index (χ3n) is 14.7. The van der Waals surface area contributed by atoms with Gasteiger partial charge in [0.25, 0.3) is 7.82 Å². The Morgan fingerprint density at radius 2 is 0.776 bits per heavy atom. The van der Waals surface area contributed by atoms with Gasteiger partial charge in [-0.3, -0.25) is 9.36 Å². The van der Waals surface area contributed by atoms with Gasteiger partial charge in [0.2, 0.25) is 5.91 Å². The molecule has 0 rings (SSSR count). The van der Waals surface area contributed by atoms with Gasteiger partial charge in [0.1, 0.15) is 13.2 Å². The minimum atomic E-state index is -4.61. The highest BCUT2D eigenvalue weighted by atomic mass is 31.2. The van der Waals surface area contributed by atoms with Crippen molar-refractivity contribution in [2.24, 2.45) is 0 Å². The maximum atomic E-state index is 13.0. The molecule has 0 radical (unpaired) electrons. The zero-order valence-corrected chi connectivity index (χ0v) is 51.9. The third kappa shape index (κ3) is 59.9. The number of nitrogens with one attached hydrogen (secondary N) is 1. The van der Waals surface area contributed by atoms with Crippen LogP contribution in [0.3, 0.4) is 0 Å². The first-order valence-electron chi connectivity index (χ1n) is 32.7. The lowest BCUT2D eigenvalue weighted by atomic mass is 10.0. The lowest BCUT2D eigenvalue weighted by Gasteiger charge is -2.29. The van der Waals surface area contributed by atoms with E-state index >= 15 is 0 Å². The number of phosphoric acid groups is 1. The van der Waals surface area contributed by atoms with E-state index in [1.54, 1.807) is 6.08 Å². The van der Waals surface area contributed by atoms with Crippen LogP contribution < -0.4 is 10.2 Å². The summed E-state index contributed by atoms with van der Waals surface area (Å²) in [5.74, 6) is -0.209. The van der Waals surface area contributed by atoms with Crippen LogP contribution in [-0.4, -0.2) is 68.5 Å². The molecular weight excluding hydrogens is 960 g/mol. The number of hydrogen-bond donors (Lipinski definition) is 2. The number of quaternary nitrogens is 1. The van der Waals surface area contributed by atoms with Gasteiger partial charge in [-0.05, 0) is 70.6 Å². The zero-order valence-electron chi connectivity index (χ0n) is 51.0. The van der Waals surface area contributed by atoms with Crippen molar-refractivity contribution in [2.45, 2.75) is 321 Å². The molecule has 0 spiro atoms. The highest BCUT2D eigenvalue weighted by Gasteiger charge is 2.23. The number of likely N-dealkylation sites (N-methyl/N-ethyl adjacent to an activating group) is 1. The van der Waals surface area contributed by atoms with Gasteiger partial charge in [-0.2, -0.15) is 0 Å². The fourth-order valence-electron chi connectivity index (χ4n) is 9.59. The van der Waals surface area contributed by atoms with Crippen molar-refractivity contribution in [1.29, 1.82) is 0 Å². The second kappa shape index (κ2) is 57.9. The standard InChI is InChI=1S/C67H127N2O6P/c1-6-8-10-12-14-16-18-20-22-24-26-28-30-32-33-34-35-37-38-40-42-44-46-48-50-52-54-56-58-60-66(70)65(64-75-76(72,73)74-63-62-69(3,4)5)68-67(71)61-59-57-55-53-51-49-47-45-43-41-39-36-31-29-27-25-23-21-19-17-15-13-11-9-7-2/h19,21,25,27,31,36,50,52,58,60,65-66,70H,6-18,20,22-24,26,28-30,32-35,37-49,51,53-57,59,61-64H2,1-5H3,(H-,68,71,72,73)/b21-19-,27-25-,36-31-,52-50+,60-58+. The number of carbonyl (C=O) groups excluding carboxylic acids is 1. The van der Waals surface area contributed by atoms with Crippen LogP contribution in [0.2, 0.25) is 0 Å². The SMILES string of the molecule is CCCCCCC/C=C\C/C=C\C/C=C\CCCCCCCCCCCCC(=O)NC(COP(=O)([O-])OCC[N+](C)(C)C)C(O)/C=C/CC/C=C/CCCCCCCCCCCCCCCCCCCCCCCCC. The predicted octanol–water partition coefficient (Wildman–Crippen LogP) is 19.8. The molecular formula is C67H127N2O6P. The van der Waals surface area contributed by atoms with Crippen LogP contribution in [0, 0.1) is 0 Å². The quantitative estimate of drug-likeness (QED) is 0.0272. The minimum absolute atomic E-state index is 0.00861. The molecule has 2 N–H and O–H groups in total. The summed E-state index contributed by atoms with van der Waals surface area (Å²) < 4.78 is 23.4. The average Bonchev–Trinajstić information content (AvgIpc) is 3.38. The predicted molar refractivity (Wildman–Crippen MR) is 330 cm³/mol. The van der Waals surface area contributed by atoms with Crippen molar-refractivity contribution >= 4 is 13.7 Å². The van der Waals surface area contributed by atoms with Gasteiger partial charge in [-0.1, -0.05) is 293 Å². The van der Waals surface area contributed by atoms with E-state index in [-0.39, 0.29) is 12.5 Å². The van der Waals surface area contributed by atoms with E-state index in [0.29, 0.717) is 17.4 Å². The highest BCUT2D eigenvalue weighted by molar-refractivity contribution is 7.45. The summed E-state index contributed by atoms with van der Waals surface area (Å²) in [6.45, 7) is 4.65. The van der Waals surface area contributed by atoms with Gasteiger partial charge in [0.05, 0.1) is 39.9 Å². The molecule has 3 unspecified atom stereocenters. The Morgan fingerprint density at radius 1 is 0.461 bits per heavy atom. The van der Waals surface area contributed by atoms with E-state index in [0.717, 1.165) is 51.4 Å². The van der Waals surface area contributed by atoms with E-state index in [1.165, 1.54) is 238 Å². The molecule has 0 aromatic carbocycles. The molecule has 9 heteroatoms. The summed E-state index contributed by atoms with van der Waals surface area (Å²) >= 11 is 0. The first-order chi connectivity index (χ1) is 37.0. The Morgan fingerprint density at radius 3 is 1.16 bits per heavy atom. The van der Waals surface area contributed by atoms with Crippen molar-refractivity contribution in [1.82, 2.24) is 5.32 Å². The Hall–Kier alpha value is -1.80. The van der Waals surface area contributed by atoms with Gasteiger partial charge in [0.15, 0.2) is 0 Å². The van der Waals surface area contributed by atoms with Crippen molar-refractivity contribution in [3.63, 3.8) is 0 Å². The highest BCUT2D eigenvalue weighted by Crippen LogP contribution is 2.38. The smallest absolute Gasteiger partial charge is 0.268 e. The van der Waals surface area contributed by atoms with E-state index in [4.69, 9.17) is 9.05 Å². The molecule has 0 fully saturated rings. The Balaban J connectivity index is 4.18. The molecule has 0 heterocycles. The zero-order chi connectivity index (χ0) is 55.6. The summed E-state index contributed by atoms with van der Waals surface area (Å²) in [5, 5.41) is 13.9. The number of aliphatic hydroxyl groups is 1. The number of phosphoric ester groups is 1. The van der Waals surface area contributed by atoms with Crippen LogP contribution in [-0.2, 0) is 18.4 Å². The third-order valence-corrected chi connectivity index (χ3v) is 15.7. The molecule has 0 aliphatic heterocycles. The first kappa shape index (κ1) is 74.2. The largest absolute Gasteiger partial charge is 0.756 e. The molecule has 0 aromatic heterocycles. The van der Waals surface area contributed by atoms with Gasteiger partial charge in [0, 0.05) is 6.42 Å². The second-order valence-electron chi connectivity index (χ2n) is 23.5. The summed E-state index contributed by atoms with van der Waals surface area (Å²) in [7, 11) is 1.24. The molecule has 0 saturated heterocycles. The molecule has 0 aromatic rings. The monoisotopic (exact) mass is 1090 g/mol. The van der Waals surface area contributed by atoms with E-state index < -0.39 is 26.6 Å². The number of aliphatic hydroxyl groups excluding tert-OH is 1. The number of unbranched alkanes of at least 4 members (excludes halogenated alkanes) is 39. The van der Waals surface area contributed by atoms with Crippen molar-refractivity contribution in [2.75, 3.05) is 40.9 Å². The van der Waals surface area contributed by atoms with Crippen LogP contribution >= 0.6 is 7.82 Å². The number of carbonyl (C=O) groups is 1. The summed E-state index contributed by atoms with van der Waals surface area (Å²) in [6, 6.07) is -0.910. The molecule has 0 bridgehead atoms. The fraction of sp³-hybridized carbons (Fsp3) is 0.836. The van der Waals surface area contributed by atoms with Crippen molar-refractivity contribution in [3.05, 3.63) is 60.8 Å². The number of nitrogens with zero attached hydrogens (tertiary/aromatic N) is 1. The Labute approximate surface area is 472 Å². The second-order valence-corrected chi connectivity index (χ2v) is 24.9. The lowest BCUT2D eigenvalue weighted by molar-refractivity contribution is -0.870. The van der Waals surface area contributed by atoms with Crippen LogP contribution in [0.4, 0.5) is 0 Å². The topological polar surface area (TPSA) is 108 Å². The van der Waals surface area contributed by atoms with Gasteiger partial charge in [-0.25, -0.2) is 0 Å². The maximum Gasteiger partial charge on any atom is 0.268 e. The van der Waals surface area contributed by atoms with E-state index in [9.17, 15) is 19.4 Å². The van der Waals surface area contributed by atoms with Crippen LogP contribution in [0.1, 0.15) is 309 Å². The molecule has 0 aliphatic rings. The number of rotatable bonds is 60. The number of allylic oxidation sites excluding steroid dienone is 9. The maximum absolute atomic E-state index is 13.0. The molecule has 0 aliphatic carbocycles. The number of hydrogen-bond acceptors (Lipinski definition) is 6. The molecule has 8 nitrogen and oxygen atoms in total. The van der Waals surface area contributed by atoms with Crippen LogP contribution in [0.5, 0.6) is 0 Å². The molecule has 76 heavy (non-hydrogen) atoms. The average molecular weight is 1090 g/mol. The van der Waals surface area contributed by atoms with E-state index in [1.807, 2.05) is 27.2 Å². The molecule has 1 amide bonds. The van der Waals surface area contributed by atoms with Crippen molar-refractivity contribution in [3.8, 4) is 0 Å². The molecule has 3 atom stereocenters. The van der Waals surface area contributed by atoms with Gasteiger partial charge < -0.3 is 28.8 Å². The summed E-state index contributed by atoms with van der Waals surface area (Å²) in [6.07, 6.45) is 79.0. The van der Waals surface area contributed by atoms with Crippen LogP contribution in [0.15, 0.2) is 60.8 Å². The first-order valence-corrected chi connectivity index (χ1v) is 34.1. The minimum Gasteiger partial charge on any atom is -0.756 e. The lowest BCUT2D eigenvalue weighted by Crippen LogP contribution is -2.45.